The van der Waals surface area contributed by atoms with Crippen LogP contribution in [-0.4, -0.2) is 45.8 Å². The molecule has 1 aromatic heterocycles. The van der Waals surface area contributed by atoms with Crippen LogP contribution in [0.3, 0.4) is 0 Å². The van der Waals surface area contributed by atoms with E-state index in [1.165, 1.54) is 6.20 Å². The van der Waals surface area contributed by atoms with Crippen LogP contribution in [0.15, 0.2) is 12.4 Å². The van der Waals surface area contributed by atoms with E-state index in [1.54, 1.807) is 11.1 Å². The van der Waals surface area contributed by atoms with Gasteiger partial charge in [0.15, 0.2) is 5.82 Å². The van der Waals surface area contributed by atoms with Crippen LogP contribution in [0.25, 0.3) is 0 Å². The van der Waals surface area contributed by atoms with Crippen molar-refractivity contribution in [2.75, 3.05) is 13.1 Å². The zero-order valence-corrected chi connectivity index (χ0v) is 9.77. The Hall–Kier alpha value is -1.85. The molecule has 1 aliphatic rings. The number of imidazole rings is 1. The Balaban J connectivity index is 1.89. The highest BCUT2D eigenvalue weighted by Gasteiger charge is 2.30. The number of amides is 2. The van der Waals surface area contributed by atoms with Crippen molar-refractivity contribution in [3.63, 3.8) is 0 Å². The third kappa shape index (κ3) is 2.64. The van der Waals surface area contributed by atoms with E-state index >= 15 is 0 Å². The molecule has 0 spiro atoms. The van der Waals surface area contributed by atoms with Crippen molar-refractivity contribution in [3.05, 3.63) is 18.2 Å². The number of nitrogens with one attached hydrogen (secondary N) is 2. The summed E-state index contributed by atoms with van der Waals surface area (Å²) < 4.78 is 0. The summed E-state index contributed by atoms with van der Waals surface area (Å²) in [7, 11) is 0. The van der Waals surface area contributed by atoms with Gasteiger partial charge in [-0.3, -0.25) is 9.59 Å². The predicted molar refractivity (Wildman–Crippen MR) is 61.3 cm³/mol. The van der Waals surface area contributed by atoms with Crippen molar-refractivity contribution in [2.45, 2.75) is 25.8 Å². The number of carbonyl (C=O) groups excluding carboxylic acids is 2. The molecule has 1 aromatic rings. The van der Waals surface area contributed by atoms with Crippen LogP contribution < -0.4 is 5.32 Å². The highest BCUT2D eigenvalue weighted by atomic mass is 16.2. The van der Waals surface area contributed by atoms with Crippen LogP contribution in [0, 0.1) is 0 Å². The minimum Gasteiger partial charge on any atom is -0.344 e. The van der Waals surface area contributed by atoms with E-state index in [4.69, 9.17) is 0 Å². The largest absolute Gasteiger partial charge is 0.344 e. The van der Waals surface area contributed by atoms with Gasteiger partial charge in [0.25, 0.3) is 5.91 Å². The molecule has 2 N–H and O–H groups in total. The number of hydrogen-bond acceptors (Lipinski definition) is 3. The van der Waals surface area contributed by atoms with Gasteiger partial charge in [0.1, 0.15) is 0 Å². The number of nitrogens with zero attached hydrogens (tertiary/aromatic N) is 2. The Bertz CT molecular complexity index is 402. The molecule has 1 saturated heterocycles. The van der Waals surface area contributed by atoms with Gasteiger partial charge in [0.05, 0.1) is 6.04 Å². The van der Waals surface area contributed by atoms with E-state index in [1.807, 2.05) is 6.92 Å². The fourth-order valence-electron chi connectivity index (χ4n) is 2.00. The van der Waals surface area contributed by atoms with E-state index in [9.17, 15) is 9.59 Å². The minimum atomic E-state index is -0.258. The van der Waals surface area contributed by atoms with E-state index in [0.717, 1.165) is 13.0 Å². The lowest BCUT2D eigenvalue weighted by molar-refractivity contribution is -0.127. The molecule has 2 rings (SSSR count). The maximum absolute atomic E-state index is 11.7. The average Bonchev–Trinajstić information content (AvgIpc) is 2.90. The first-order valence-electron chi connectivity index (χ1n) is 5.78. The van der Waals surface area contributed by atoms with Crippen molar-refractivity contribution < 1.29 is 9.59 Å². The number of H-pyrrole nitrogens is 1. The molecule has 92 valence electrons. The summed E-state index contributed by atoms with van der Waals surface area (Å²) in [6, 6.07) is -0.105. The van der Waals surface area contributed by atoms with Gasteiger partial charge in [0.2, 0.25) is 5.91 Å². The van der Waals surface area contributed by atoms with Crippen LogP contribution in [0.2, 0.25) is 0 Å². The van der Waals surface area contributed by atoms with Gasteiger partial charge in [-0.2, -0.15) is 0 Å². The Morgan fingerprint density at radius 3 is 3.18 bits per heavy atom. The molecule has 0 aromatic carbocycles. The monoisotopic (exact) mass is 236 g/mol. The van der Waals surface area contributed by atoms with Gasteiger partial charge in [-0.25, -0.2) is 4.98 Å². The molecule has 1 atom stereocenters. The molecule has 6 nitrogen and oxygen atoms in total. The fraction of sp³-hybridized carbons (Fsp3) is 0.545. The van der Waals surface area contributed by atoms with Crippen LogP contribution in [0.5, 0.6) is 0 Å². The van der Waals surface area contributed by atoms with Gasteiger partial charge >= 0.3 is 0 Å². The Morgan fingerprint density at radius 1 is 1.71 bits per heavy atom. The number of carbonyl (C=O) groups is 2. The van der Waals surface area contributed by atoms with Crippen LogP contribution in [0.4, 0.5) is 0 Å². The smallest absolute Gasteiger partial charge is 0.287 e. The summed E-state index contributed by atoms with van der Waals surface area (Å²) in [6.45, 7) is 3.38. The summed E-state index contributed by atoms with van der Waals surface area (Å²) in [5, 5.41) is 2.80. The molecule has 1 unspecified atom stereocenters. The number of hydrogen-bond donors (Lipinski definition) is 2. The molecule has 2 heterocycles. The SMILES string of the molecule is CCCN1CC(NC(=O)c2ncc[nH]2)CC1=O. The Kier molecular flexibility index (Phi) is 3.41. The molecule has 2 amide bonds. The lowest BCUT2D eigenvalue weighted by Crippen LogP contribution is -2.37. The molecule has 0 saturated carbocycles. The third-order valence-corrected chi connectivity index (χ3v) is 2.76. The number of likely N-dealkylation sites (tertiary alicyclic amines) is 1. The normalized spacial score (nSPS) is 19.7. The van der Waals surface area contributed by atoms with E-state index < -0.39 is 0 Å². The van der Waals surface area contributed by atoms with Crippen LogP contribution in [0.1, 0.15) is 30.4 Å². The van der Waals surface area contributed by atoms with Crippen LogP contribution >= 0.6 is 0 Å². The van der Waals surface area contributed by atoms with Crippen molar-refractivity contribution in [1.82, 2.24) is 20.2 Å². The second-order valence-corrected chi connectivity index (χ2v) is 4.15. The molecule has 0 aliphatic carbocycles. The van der Waals surface area contributed by atoms with E-state index in [-0.39, 0.29) is 23.7 Å². The average molecular weight is 236 g/mol. The first kappa shape index (κ1) is 11.6. The molecule has 0 radical (unpaired) electrons. The summed E-state index contributed by atoms with van der Waals surface area (Å²) >= 11 is 0. The molecule has 1 aliphatic heterocycles. The zero-order chi connectivity index (χ0) is 12.3. The lowest BCUT2D eigenvalue weighted by atomic mass is 10.2. The minimum absolute atomic E-state index is 0.105. The standard InChI is InChI=1S/C11H16N4O2/c1-2-5-15-7-8(6-9(15)16)14-11(17)10-12-3-4-13-10/h3-4,8H,2,5-7H2,1H3,(H,12,13)(H,14,17). The summed E-state index contributed by atoms with van der Waals surface area (Å²) in [5.74, 6) is 0.133. The van der Waals surface area contributed by atoms with Crippen molar-refractivity contribution in [1.29, 1.82) is 0 Å². The van der Waals surface area contributed by atoms with Gasteiger partial charge in [-0.15, -0.1) is 0 Å². The lowest BCUT2D eigenvalue weighted by Gasteiger charge is -2.15. The maximum atomic E-state index is 11.7. The second-order valence-electron chi connectivity index (χ2n) is 4.15. The highest BCUT2D eigenvalue weighted by Crippen LogP contribution is 2.11. The topological polar surface area (TPSA) is 78.1 Å². The summed E-state index contributed by atoms with van der Waals surface area (Å²) in [6.07, 6.45) is 4.44. The zero-order valence-electron chi connectivity index (χ0n) is 9.77. The maximum Gasteiger partial charge on any atom is 0.287 e. The predicted octanol–water partition coefficient (Wildman–Crippen LogP) is 0.150. The van der Waals surface area contributed by atoms with Gasteiger partial charge in [0, 0.05) is 31.9 Å². The van der Waals surface area contributed by atoms with E-state index in [0.29, 0.717) is 13.0 Å². The van der Waals surface area contributed by atoms with Gasteiger partial charge in [-0.1, -0.05) is 6.92 Å². The number of aromatic nitrogens is 2. The van der Waals surface area contributed by atoms with Crippen LogP contribution in [-0.2, 0) is 4.79 Å². The molecule has 17 heavy (non-hydrogen) atoms. The van der Waals surface area contributed by atoms with Crippen molar-refractivity contribution >= 4 is 11.8 Å². The fourth-order valence-corrected chi connectivity index (χ4v) is 2.00. The number of aromatic amines is 1. The molecule has 1 fully saturated rings. The quantitative estimate of drug-likeness (QED) is 0.781. The van der Waals surface area contributed by atoms with Gasteiger partial charge < -0.3 is 15.2 Å². The first-order valence-corrected chi connectivity index (χ1v) is 5.78. The highest BCUT2D eigenvalue weighted by molar-refractivity contribution is 5.91. The third-order valence-electron chi connectivity index (χ3n) is 2.76. The molecular formula is C11H16N4O2. The summed E-state index contributed by atoms with van der Waals surface area (Å²) in [5.41, 5.74) is 0. The Morgan fingerprint density at radius 2 is 2.53 bits per heavy atom. The molecule has 0 bridgehead atoms. The molecule has 6 heteroatoms. The second kappa shape index (κ2) is 4.99. The van der Waals surface area contributed by atoms with Crippen molar-refractivity contribution in [2.24, 2.45) is 0 Å². The number of rotatable bonds is 4. The Labute approximate surface area is 99.4 Å². The molecular weight excluding hydrogens is 220 g/mol. The van der Waals surface area contributed by atoms with E-state index in [2.05, 4.69) is 15.3 Å². The first-order chi connectivity index (χ1) is 8.20. The summed E-state index contributed by atoms with van der Waals surface area (Å²) in [4.78, 5) is 31.7. The van der Waals surface area contributed by atoms with Gasteiger partial charge in [-0.05, 0) is 6.42 Å². The van der Waals surface area contributed by atoms with Crippen molar-refractivity contribution in [3.8, 4) is 0 Å².